The molecular formula is C25H28FN5O2S. The van der Waals surface area contributed by atoms with Gasteiger partial charge >= 0.3 is 0 Å². The monoisotopic (exact) mass is 481 g/mol. The zero-order chi connectivity index (χ0) is 23.6. The summed E-state index contributed by atoms with van der Waals surface area (Å²) in [7, 11) is 2.19. The van der Waals surface area contributed by atoms with Gasteiger partial charge in [0.2, 0.25) is 0 Å². The fraction of sp³-hybridized carbons (Fsp3) is 0.440. The van der Waals surface area contributed by atoms with E-state index in [4.69, 9.17) is 10.5 Å². The number of piperazine rings is 1. The van der Waals surface area contributed by atoms with Crippen molar-refractivity contribution in [2.75, 3.05) is 37.4 Å². The highest BCUT2D eigenvalue weighted by molar-refractivity contribution is 7.21. The molecule has 7 nitrogen and oxygen atoms in total. The van der Waals surface area contributed by atoms with E-state index < -0.39 is 0 Å². The van der Waals surface area contributed by atoms with Crippen molar-refractivity contribution in [3.63, 3.8) is 0 Å². The first-order valence-electron chi connectivity index (χ1n) is 11.8. The van der Waals surface area contributed by atoms with Gasteiger partial charge in [-0.15, -0.1) is 11.3 Å². The number of nitrogen functional groups attached to an aromatic ring is 1. The summed E-state index contributed by atoms with van der Waals surface area (Å²) in [6, 6.07) is 8.06. The molecule has 3 aliphatic rings. The second-order valence-electron chi connectivity index (χ2n) is 9.70. The van der Waals surface area contributed by atoms with Gasteiger partial charge in [0.25, 0.3) is 5.91 Å². The molecule has 2 unspecified atom stereocenters. The Morgan fingerprint density at radius 1 is 1.26 bits per heavy atom. The minimum Gasteiger partial charge on any atom is -0.491 e. The SMILES string of the molecule is Cc1ccc2c(N)c(C(=O)N[C@@H]3COc4cc(N5CC6CCC(C5)N6C)cc(F)c4C3)sc2n1. The molecule has 0 radical (unpaired) electrons. The molecule has 2 bridgehead atoms. The Labute approximate surface area is 201 Å². The van der Waals surface area contributed by atoms with Crippen molar-refractivity contribution in [3.05, 3.63) is 46.2 Å². The average Bonchev–Trinajstić information content (AvgIpc) is 3.22. The molecule has 5 heterocycles. The van der Waals surface area contributed by atoms with Gasteiger partial charge in [0, 0.05) is 60.0 Å². The highest BCUT2D eigenvalue weighted by Crippen LogP contribution is 2.37. The molecule has 1 amide bonds. The van der Waals surface area contributed by atoms with Gasteiger partial charge in [0.05, 0.1) is 11.7 Å². The fourth-order valence-electron chi connectivity index (χ4n) is 5.53. The number of aromatic nitrogens is 1. The molecule has 2 fully saturated rings. The number of aryl methyl sites for hydroxylation is 1. The quantitative estimate of drug-likeness (QED) is 0.597. The summed E-state index contributed by atoms with van der Waals surface area (Å²) in [5.41, 5.74) is 8.92. The number of nitrogens with zero attached hydrogens (tertiary/aromatic N) is 3. The van der Waals surface area contributed by atoms with Crippen LogP contribution in [0.2, 0.25) is 0 Å². The number of amides is 1. The Morgan fingerprint density at radius 2 is 2.03 bits per heavy atom. The van der Waals surface area contributed by atoms with Gasteiger partial charge in [0.15, 0.2) is 0 Å². The summed E-state index contributed by atoms with van der Waals surface area (Å²) in [6.45, 7) is 4.02. The normalized spacial score (nSPS) is 24.2. The Kier molecular flexibility index (Phi) is 5.14. The lowest BCUT2D eigenvalue weighted by atomic mass is 10.0. The number of rotatable bonds is 3. The van der Waals surface area contributed by atoms with Crippen LogP contribution in [0.1, 0.15) is 33.8 Å². The Balaban J connectivity index is 1.18. The maximum atomic E-state index is 15.2. The van der Waals surface area contributed by atoms with Gasteiger partial charge in [-0.25, -0.2) is 9.37 Å². The number of halogens is 1. The third-order valence-electron chi connectivity index (χ3n) is 7.52. The molecule has 0 aliphatic carbocycles. The summed E-state index contributed by atoms with van der Waals surface area (Å²) < 4.78 is 21.1. The maximum Gasteiger partial charge on any atom is 0.263 e. The highest BCUT2D eigenvalue weighted by Gasteiger charge is 2.38. The predicted octanol–water partition coefficient (Wildman–Crippen LogP) is 3.34. The number of ether oxygens (including phenoxy) is 1. The largest absolute Gasteiger partial charge is 0.491 e. The Bertz CT molecular complexity index is 1280. The molecule has 6 rings (SSSR count). The molecule has 2 saturated heterocycles. The number of pyridine rings is 1. The van der Waals surface area contributed by atoms with Crippen LogP contribution < -0.4 is 20.7 Å². The molecule has 3 N–H and O–H groups in total. The molecule has 0 spiro atoms. The molecule has 3 atom stereocenters. The van der Waals surface area contributed by atoms with Crippen molar-refractivity contribution in [2.24, 2.45) is 0 Å². The van der Waals surface area contributed by atoms with E-state index in [2.05, 4.69) is 27.1 Å². The summed E-state index contributed by atoms with van der Waals surface area (Å²) in [4.78, 5) is 23.3. The molecule has 3 aliphatic heterocycles. The van der Waals surface area contributed by atoms with Crippen LogP contribution in [0.25, 0.3) is 10.2 Å². The van der Waals surface area contributed by atoms with Crippen molar-refractivity contribution in [3.8, 4) is 5.75 Å². The summed E-state index contributed by atoms with van der Waals surface area (Å²) >= 11 is 1.27. The van der Waals surface area contributed by atoms with Crippen LogP contribution in [-0.4, -0.2) is 60.7 Å². The van der Waals surface area contributed by atoms with Crippen LogP contribution in [0.5, 0.6) is 5.75 Å². The Hall–Kier alpha value is -2.91. The third-order valence-corrected chi connectivity index (χ3v) is 8.63. The van der Waals surface area contributed by atoms with Crippen LogP contribution in [0.15, 0.2) is 24.3 Å². The van der Waals surface area contributed by atoms with Crippen molar-refractivity contribution in [2.45, 2.75) is 44.3 Å². The first kappa shape index (κ1) is 21.6. The first-order valence-corrected chi connectivity index (χ1v) is 12.6. The standard InChI is InChI=1S/C25H28FN5O2S/c1-13-3-6-18-22(27)23(34-25(18)28-13)24(32)29-14-7-19-20(26)8-17(9-21(19)33-12-14)31-10-15-4-5-16(11-31)30(15)2/h3,6,8-9,14-16H,4-5,7,10-12,27H2,1-2H3,(H,29,32)/t14-,15?,16?/m0/s1. The third kappa shape index (κ3) is 3.58. The van der Waals surface area contributed by atoms with Crippen LogP contribution >= 0.6 is 11.3 Å². The number of hydrogen-bond donors (Lipinski definition) is 2. The van der Waals surface area contributed by atoms with Gasteiger partial charge < -0.3 is 20.7 Å². The van der Waals surface area contributed by atoms with Crippen molar-refractivity contribution >= 4 is 38.8 Å². The smallest absolute Gasteiger partial charge is 0.263 e. The molecule has 0 saturated carbocycles. The highest BCUT2D eigenvalue weighted by atomic mass is 32.1. The fourth-order valence-corrected chi connectivity index (χ4v) is 6.57. The predicted molar refractivity (Wildman–Crippen MR) is 132 cm³/mol. The van der Waals surface area contributed by atoms with Crippen LogP contribution in [0.4, 0.5) is 15.8 Å². The number of thiophene rings is 1. The zero-order valence-electron chi connectivity index (χ0n) is 19.3. The zero-order valence-corrected chi connectivity index (χ0v) is 20.1. The summed E-state index contributed by atoms with van der Waals surface area (Å²) in [6.07, 6.45) is 2.77. The van der Waals surface area contributed by atoms with Gasteiger partial charge in [0.1, 0.15) is 27.9 Å². The van der Waals surface area contributed by atoms with E-state index in [1.807, 2.05) is 25.1 Å². The number of hydrogen-bond acceptors (Lipinski definition) is 7. The number of carbonyl (C=O) groups is 1. The number of likely N-dealkylation sites (N-methyl/N-ethyl adjacent to an activating group) is 1. The number of fused-ring (bicyclic) bond motifs is 4. The minimum absolute atomic E-state index is 0.278. The van der Waals surface area contributed by atoms with Crippen LogP contribution in [-0.2, 0) is 6.42 Å². The van der Waals surface area contributed by atoms with Crippen molar-refractivity contribution in [1.82, 2.24) is 15.2 Å². The number of anilines is 2. The summed E-state index contributed by atoms with van der Waals surface area (Å²) in [5, 5.41) is 3.76. The van der Waals surface area contributed by atoms with E-state index in [9.17, 15) is 4.79 Å². The maximum absolute atomic E-state index is 15.2. The van der Waals surface area contributed by atoms with Gasteiger partial charge in [-0.1, -0.05) is 0 Å². The van der Waals surface area contributed by atoms with Crippen molar-refractivity contribution < 1.29 is 13.9 Å². The van der Waals surface area contributed by atoms with E-state index in [0.717, 1.165) is 34.7 Å². The summed E-state index contributed by atoms with van der Waals surface area (Å²) in [5.74, 6) is 0.0201. The molecule has 9 heteroatoms. The van der Waals surface area contributed by atoms with E-state index in [1.54, 1.807) is 6.07 Å². The van der Waals surface area contributed by atoms with Crippen molar-refractivity contribution in [1.29, 1.82) is 0 Å². The average molecular weight is 482 g/mol. The molecule has 3 aromatic rings. The van der Waals surface area contributed by atoms with Gasteiger partial charge in [-0.05, 0) is 45.0 Å². The number of carbonyl (C=O) groups excluding carboxylic acids is 1. The van der Waals surface area contributed by atoms with E-state index in [-0.39, 0.29) is 24.4 Å². The van der Waals surface area contributed by atoms with Crippen LogP contribution in [0, 0.1) is 12.7 Å². The number of nitrogens with one attached hydrogen (secondary N) is 1. The molecule has 178 valence electrons. The van der Waals surface area contributed by atoms with E-state index in [1.165, 1.54) is 24.2 Å². The topological polar surface area (TPSA) is 83.7 Å². The molecular weight excluding hydrogens is 453 g/mol. The lowest BCUT2D eigenvalue weighted by molar-refractivity contribution is 0.0919. The minimum atomic E-state index is -0.334. The Morgan fingerprint density at radius 3 is 2.79 bits per heavy atom. The number of benzene rings is 1. The van der Waals surface area contributed by atoms with Gasteiger partial charge in [-0.3, -0.25) is 9.69 Å². The molecule has 1 aromatic carbocycles. The van der Waals surface area contributed by atoms with E-state index >= 15 is 4.39 Å². The first-order chi connectivity index (χ1) is 16.4. The van der Waals surface area contributed by atoms with Gasteiger partial charge in [-0.2, -0.15) is 0 Å². The second kappa shape index (κ2) is 8.09. The lowest BCUT2D eigenvalue weighted by Gasteiger charge is -2.40. The molecule has 34 heavy (non-hydrogen) atoms. The van der Waals surface area contributed by atoms with E-state index in [0.29, 0.717) is 40.4 Å². The second-order valence-corrected chi connectivity index (χ2v) is 10.7. The lowest BCUT2D eigenvalue weighted by Crippen LogP contribution is -2.52. The van der Waals surface area contributed by atoms with Crippen LogP contribution in [0.3, 0.4) is 0 Å². The number of nitrogens with two attached hydrogens (primary N) is 1. The molecule has 2 aromatic heterocycles.